The molecule has 0 saturated carbocycles. The van der Waals surface area contributed by atoms with Crippen LogP contribution in [-0.4, -0.2) is 0 Å². The van der Waals surface area contributed by atoms with Crippen molar-refractivity contribution in [1.82, 2.24) is 0 Å². The van der Waals surface area contributed by atoms with E-state index in [1.54, 1.807) is 0 Å². The summed E-state index contributed by atoms with van der Waals surface area (Å²) in [4.78, 5) is 0. The molecule has 0 heterocycles. The predicted octanol–water partition coefficient (Wildman–Crippen LogP) is 4.00. The van der Waals surface area contributed by atoms with Crippen LogP contribution in [0.2, 0.25) is 0 Å². The van der Waals surface area contributed by atoms with E-state index >= 15 is 0 Å². The Morgan fingerprint density at radius 1 is 1.07 bits per heavy atom. The van der Waals surface area contributed by atoms with Gasteiger partial charge in [0.05, 0.1) is 0 Å². The minimum absolute atomic E-state index is 0.394. The van der Waals surface area contributed by atoms with E-state index in [-0.39, 0.29) is 0 Å². The van der Waals surface area contributed by atoms with E-state index in [1.165, 1.54) is 11.1 Å². The summed E-state index contributed by atoms with van der Waals surface area (Å²) in [6.07, 6.45) is 12.5. The van der Waals surface area contributed by atoms with Gasteiger partial charge in [0.15, 0.2) is 0 Å². The average molecular weight is 194 g/mol. The summed E-state index contributed by atoms with van der Waals surface area (Å²) < 4.78 is 0. The molecule has 2 rings (SSSR count). The van der Waals surface area contributed by atoms with Gasteiger partial charge in [-0.2, -0.15) is 0 Å². The molecule has 0 bridgehead atoms. The Bertz CT molecular complexity index is 407. The van der Waals surface area contributed by atoms with Crippen molar-refractivity contribution < 1.29 is 0 Å². The number of hydrogen-bond acceptors (Lipinski definition) is 0. The van der Waals surface area contributed by atoms with Crippen LogP contribution >= 0.6 is 0 Å². The lowest BCUT2D eigenvalue weighted by Gasteiger charge is -2.11. The van der Waals surface area contributed by atoms with Crippen molar-refractivity contribution in [2.45, 2.75) is 0 Å². The zero-order valence-corrected chi connectivity index (χ0v) is 8.64. The lowest BCUT2D eigenvalue weighted by atomic mass is 9.93. The van der Waals surface area contributed by atoms with Crippen molar-refractivity contribution in [1.29, 1.82) is 0 Å². The first-order chi connectivity index (χ1) is 7.42. The van der Waals surface area contributed by atoms with Gasteiger partial charge in [-0.25, -0.2) is 0 Å². The first kappa shape index (κ1) is 9.72. The molecule has 0 unspecified atom stereocenters. The molecule has 1 aliphatic carbocycles. The van der Waals surface area contributed by atoms with Crippen LogP contribution < -0.4 is 0 Å². The lowest BCUT2D eigenvalue weighted by molar-refractivity contribution is 1.12. The summed E-state index contributed by atoms with van der Waals surface area (Å²) in [6, 6.07) is 10.4. The monoisotopic (exact) mass is 194 g/mol. The SMILES string of the molecule is C=CC=C(c1ccccc1)C1C=CC=C1. The maximum absolute atomic E-state index is 3.77. The Morgan fingerprint density at radius 2 is 1.73 bits per heavy atom. The Kier molecular flexibility index (Phi) is 2.99. The summed E-state index contributed by atoms with van der Waals surface area (Å²) in [7, 11) is 0. The second-order valence-corrected chi connectivity index (χ2v) is 3.52. The second kappa shape index (κ2) is 4.61. The molecular formula is C15H14. The van der Waals surface area contributed by atoms with Gasteiger partial charge < -0.3 is 0 Å². The number of rotatable bonds is 3. The van der Waals surface area contributed by atoms with Crippen LogP contribution in [0.15, 0.2) is 73.4 Å². The van der Waals surface area contributed by atoms with Crippen molar-refractivity contribution in [2.24, 2.45) is 5.92 Å². The lowest BCUT2D eigenvalue weighted by Crippen LogP contribution is -1.94. The van der Waals surface area contributed by atoms with Crippen molar-refractivity contribution in [3.63, 3.8) is 0 Å². The Balaban J connectivity index is 2.36. The average Bonchev–Trinajstić information content (AvgIpc) is 2.80. The van der Waals surface area contributed by atoms with Crippen LogP contribution in [0.5, 0.6) is 0 Å². The van der Waals surface area contributed by atoms with Gasteiger partial charge in [0, 0.05) is 5.92 Å². The van der Waals surface area contributed by atoms with E-state index in [9.17, 15) is 0 Å². The Morgan fingerprint density at radius 3 is 2.33 bits per heavy atom. The van der Waals surface area contributed by atoms with Crippen LogP contribution in [0.25, 0.3) is 5.57 Å². The standard InChI is InChI=1S/C15H14/c1-2-8-15(14-11-6-7-12-14)13-9-4-3-5-10-13/h2-12,14H,1H2. The van der Waals surface area contributed by atoms with E-state index in [4.69, 9.17) is 0 Å². The number of benzene rings is 1. The normalized spacial score (nSPS) is 15.9. The first-order valence-corrected chi connectivity index (χ1v) is 5.15. The van der Waals surface area contributed by atoms with Crippen molar-refractivity contribution >= 4 is 5.57 Å². The fraction of sp³-hybridized carbons (Fsp3) is 0.0667. The van der Waals surface area contributed by atoms with Gasteiger partial charge in [-0.05, 0) is 11.1 Å². The van der Waals surface area contributed by atoms with E-state index < -0.39 is 0 Å². The third kappa shape index (κ3) is 2.16. The Hall–Kier alpha value is -1.82. The van der Waals surface area contributed by atoms with Gasteiger partial charge in [-0.3, -0.25) is 0 Å². The molecule has 0 saturated heterocycles. The number of hydrogen-bond donors (Lipinski definition) is 0. The van der Waals surface area contributed by atoms with Gasteiger partial charge in [0.2, 0.25) is 0 Å². The maximum atomic E-state index is 3.77. The second-order valence-electron chi connectivity index (χ2n) is 3.52. The number of allylic oxidation sites excluding steroid dienone is 7. The molecule has 0 aromatic heterocycles. The maximum Gasteiger partial charge on any atom is 0.0210 e. The van der Waals surface area contributed by atoms with E-state index in [2.05, 4.69) is 61.2 Å². The van der Waals surface area contributed by atoms with Crippen molar-refractivity contribution in [3.05, 3.63) is 78.9 Å². The highest BCUT2D eigenvalue weighted by atomic mass is 14.1. The highest BCUT2D eigenvalue weighted by Gasteiger charge is 2.10. The summed E-state index contributed by atoms with van der Waals surface area (Å²) in [5.41, 5.74) is 2.56. The van der Waals surface area contributed by atoms with Gasteiger partial charge in [0.25, 0.3) is 0 Å². The minimum atomic E-state index is 0.394. The largest absolute Gasteiger partial charge is 0.0991 e. The van der Waals surface area contributed by atoms with Crippen LogP contribution in [0.3, 0.4) is 0 Å². The van der Waals surface area contributed by atoms with Gasteiger partial charge >= 0.3 is 0 Å². The molecule has 74 valence electrons. The molecule has 0 fully saturated rings. The minimum Gasteiger partial charge on any atom is -0.0991 e. The molecule has 1 aliphatic rings. The topological polar surface area (TPSA) is 0 Å². The molecule has 1 aromatic rings. The molecule has 0 nitrogen and oxygen atoms in total. The molecule has 0 spiro atoms. The van der Waals surface area contributed by atoms with Crippen LogP contribution in [0.4, 0.5) is 0 Å². The zero-order valence-electron chi connectivity index (χ0n) is 8.64. The summed E-state index contributed by atoms with van der Waals surface area (Å²) in [6.45, 7) is 3.77. The van der Waals surface area contributed by atoms with E-state index in [1.807, 2.05) is 12.1 Å². The van der Waals surface area contributed by atoms with Gasteiger partial charge in [-0.1, -0.05) is 73.4 Å². The third-order valence-corrected chi connectivity index (χ3v) is 2.51. The fourth-order valence-electron chi connectivity index (χ4n) is 1.80. The highest BCUT2D eigenvalue weighted by molar-refractivity contribution is 5.72. The van der Waals surface area contributed by atoms with Crippen LogP contribution in [0.1, 0.15) is 5.56 Å². The molecule has 0 aliphatic heterocycles. The predicted molar refractivity (Wildman–Crippen MR) is 66.4 cm³/mol. The summed E-state index contributed by atoms with van der Waals surface area (Å²) >= 11 is 0. The Labute approximate surface area is 91.0 Å². The fourth-order valence-corrected chi connectivity index (χ4v) is 1.80. The molecule has 15 heavy (non-hydrogen) atoms. The highest BCUT2D eigenvalue weighted by Crippen LogP contribution is 2.28. The molecular weight excluding hydrogens is 180 g/mol. The van der Waals surface area contributed by atoms with Crippen LogP contribution in [-0.2, 0) is 0 Å². The molecule has 0 amide bonds. The molecule has 1 aromatic carbocycles. The van der Waals surface area contributed by atoms with Crippen molar-refractivity contribution in [2.75, 3.05) is 0 Å². The molecule has 0 N–H and O–H groups in total. The van der Waals surface area contributed by atoms with Gasteiger partial charge in [-0.15, -0.1) is 0 Å². The van der Waals surface area contributed by atoms with Crippen molar-refractivity contribution in [3.8, 4) is 0 Å². The molecule has 0 radical (unpaired) electrons. The zero-order chi connectivity index (χ0) is 10.5. The van der Waals surface area contributed by atoms with Crippen LogP contribution in [0, 0.1) is 5.92 Å². The summed E-state index contributed by atoms with van der Waals surface area (Å²) in [5.74, 6) is 0.394. The van der Waals surface area contributed by atoms with Gasteiger partial charge in [0.1, 0.15) is 0 Å². The van der Waals surface area contributed by atoms with E-state index in [0.29, 0.717) is 5.92 Å². The first-order valence-electron chi connectivity index (χ1n) is 5.15. The third-order valence-electron chi connectivity index (χ3n) is 2.51. The molecule has 0 atom stereocenters. The molecule has 0 heteroatoms. The quantitative estimate of drug-likeness (QED) is 0.638. The summed E-state index contributed by atoms with van der Waals surface area (Å²) in [5, 5.41) is 0. The van der Waals surface area contributed by atoms with E-state index in [0.717, 1.165) is 0 Å². The smallest absolute Gasteiger partial charge is 0.0210 e.